The smallest absolute Gasteiger partial charge is 0.166 e. The van der Waals surface area contributed by atoms with Crippen molar-refractivity contribution in [3.63, 3.8) is 0 Å². The van der Waals surface area contributed by atoms with Gasteiger partial charge in [-0.25, -0.2) is 13.2 Å². The molecule has 3 heteroatoms. The topological polar surface area (TPSA) is 0 Å². The molecule has 0 aromatic heterocycles. The molecule has 2 aliphatic rings. The largest absolute Gasteiger partial charge is 0.207 e. The molecule has 2 saturated carbocycles. The lowest BCUT2D eigenvalue weighted by Crippen LogP contribution is -2.15. The number of rotatable bonds is 6. The van der Waals surface area contributed by atoms with Crippen molar-refractivity contribution in [2.24, 2.45) is 11.8 Å². The average Bonchev–Trinajstić information content (AvgIpc) is 2.81. The van der Waals surface area contributed by atoms with E-state index in [1.807, 2.05) is 25.1 Å². The highest BCUT2D eigenvalue weighted by atomic mass is 19.2. The summed E-state index contributed by atoms with van der Waals surface area (Å²) in [7, 11) is 0. The van der Waals surface area contributed by atoms with Gasteiger partial charge in [-0.05, 0) is 105 Å². The van der Waals surface area contributed by atoms with Gasteiger partial charge in [0, 0.05) is 5.56 Å². The van der Waals surface area contributed by atoms with E-state index < -0.39 is 11.6 Å². The van der Waals surface area contributed by atoms with Gasteiger partial charge in [-0.2, -0.15) is 0 Å². The standard InChI is InChI=1S/C30H37F3/c1-3-4-21-6-13-24(14-7-21)27-18-16-25(29(32)30(27)33)15-10-22-8-11-23(12-9-22)26-17-5-20(2)19-28(26)31/h5,10,15-19,21-24H,3-4,6-9,11-14H2,1-2H3/b15-10+. The Balaban J connectivity index is 1.36. The summed E-state index contributed by atoms with van der Waals surface area (Å²) in [5, 5.41) is 0. The molecule has 2 aromatic rings. The number of aryl methyl sites for hydroxylation is 1. The van der Waals surface area contributed by atoms with Gasteiger partial charge in [0.1, 0.15) is 5.82 Å². The summed E-state index contributed by atoms with van der Waals surface area (Å²) in [6, 6.07) is 9.05. The van der Waals surface area contributed by atoms with Crippen molar-refractivity contribution in [2.45, 2.75) is 89.9 Å². The first-order valence-corrected chi connectivity index (χ1v) is 12.9. The van der Waals surface area contributed by atoms with Crippen LogP contribution in [0.1, 0.15) is 105 Å². The molecule has 33 heavy (non-hydrogen) atoms. The molecule has 0 saturated heterocycles. The van der Waals surface area contributed by atoms with Crippen LogP contribution in [-0.2, 0) is 0 Å². The Morgan fingerprint density at radius 1 is 0.788 bits per heavy atom. The highest BCUT2D eigenvalue weighted by Crippen LogP contribution is 2.40. The second kappa shape index (κ2) is 10.9. The van der Waals surface area contributed by atoms with Crippen LogP contribution in [0.3, 0.4) is 0 Å². The van der Waals surface area contributed by atoms with Crippen LogP contribution in [0, 0.1) is 36.2 Å². The summed E-state index contributed by atoms with van der Waals surface area (Å²) in [6.45, 7) is 4.12. The average molecular weight is 455 g/mol. The fourth-order valence-corrected chi connectivity index (χ4v) is 6.02. The molecule has 0 amide bonds. The molecule has 0 N–H and O–H groups in total. The van der Waals surface area contributed by atoms with Crippen molar-refractivity contribution in [3.05, 3.63) is 76.1 Å². The Hall–Kier alpha value is -2.03. The van der Waals surface area contributed by atoms with Crippen LogP contribution in [0.25, 0.3) is 6.08 Å². The first-order valence-electron chi connectivity index (χ1n) is 12.9. The third-order valence-electron chi connectivity index (χ3n) is 8.04. The van der Waals surface area contributed by atoms with Gasteiger partial charge in [0.15, 0.2) is 11.6 Å². The number of hydrogen-bond acceptors (Lipinski definition) is 0. The molecule has 4 rings (SSSR count). The summed E-state index contributed by atoms with van der Waals surface area (Å²) in [6.07, 6.45) is 14.1. The highest BCUT2D eigenvalue weighted by molar-refractivity contribution is 5.52. The predicted molar refractivity (Wildman–Crippen MR) is 131 cm³/mol. The van der Waals surface area contributed by atoms with Crippen LogP contribution < -0.4 is 0 Å². The summed E-state index contributed by atoms with van der Waals surface area (Å²) < 4.78 is 44.1. The predicted octanol–water partition coefficient (Wildman–Crippen LogP) is 9.47. The lowest BCUT2D eigenvalue weighted by molar-refractivity contribution is 0.303. The third-order valence-corrected chi connectivity index (χ3v) is 8.04. The summed E-state index contributed by atoms with van der Waals surface area (Å²) in [5.41, 5.74) is 2.65. The van der Waals surface area contributed by atoms with E-state index in [0.717, 1.165) is 68.4 Å². The zero-order valence-electron chi connectivity index (χ0n) is 20.1. The van der Waals surface area contributed by atoms with Gasteiger partial charge in [0.25, 0.3) is 0 Å². The molecular weight excluding hydrogens is 417 g/mol. The Labute approximate surface area is 197 Å². The van der Waals surface area contributed by atoms with Crippen molar-refractivity contribution in [2.75, 3.05) is 0 Å². The monoisotopic (exact) mass is 454 g/mol. The molecule has 0 nitrogen and oxygen atoms in total. The maximum atomic E-state index is 14.9. The second-order valence-corrected chi connectivity index (χ2v) is 10.4. The van der Waals surface area contributed by atoms with Gasteiger partial charge in [0.2, 0.25) is 0 Å². The molecule has 0 bridgehead atoms. The lowest BCUT2D eigenvalue weighted by atomic mass is 9.77. The minimum Gasteiger partial charge on any atom is -0.207 e. The van der Waals surface area contributed by atoms with E-state index >= 15 is 0 Å². The van der Waals surface area contributed by atoms with Gasteiger partial charge in [-0.1, -0.05) is 56.2 Å². The van der Waals surface area contributed by atoms with E-state index in [4.69, 9.17) is 0 Å². The summed E-state index contributed by atoms with van der Waals surface area (Å²) >= 11 is 0. The van der Waals surface area contributed by atoms with Crippen LogP contribution in [0.2, 0.25) is 0 Å². The quantitative estimate of drug-likeness (QED) is 0.408. The molecule has 0 unspecified atom stereocenters. The molecule has 0 heterocycles. The van der Waals surface area contributed by atoms with Crippen molar-refractivity contribution < 1.29 is 13.2 Å². The van der Waals surface area contributed by atoms with E-state index in [1.165, 1.54) is 12.8 Å². The maximum absolute atomic E-state index is 14.9. The molecule has 2 aliphatic carbocycles. The lowest BCUT2D eigenvalue weighted by Gasteiger charge is -2.29. The van der Waals surface area contributed by atoms with Gasteiger partial charge in [-0.15, -0.1) is 0 Å². The normalized spacial score (nSPS) is 26.1. The Kier molecular flexibility index (Phi) is 7.98. The SMILES string of the molecule is CCCC1CCC(c2ccc(/C=C/C3CCC(c4ccc(C)cc4F)CC3)c(F)c2F)CC1. The molecule has 2 fully saturated rings. The van der Waals surface area contributed by atoms with E-state index in [9.17, 15) is 13.2 Å². The first kappa shape index (κ1) is 24.1. The molecule has 0 atom stereocenters. The van der Waals surface area contributed by atoms with E-state index in [2.05, 4.69) is 6.92 Å². The number of allylic oxidation sites excluding steroid dienone is 1. The molecule has 178 valence electrons. The molecule has 0 spiro atoms. The van der Waals surface area contributed by atoms with Crippen molar-refractivity contribution in [3.8, 4) is 0 Å². The minimum atomic E-state index is -0.713. The Morgan fingerprint density at radius 3 is 2.09 bits per heavy atom. The molecule has 2 aromatic carbocycles. The minimum absolute atomic E-state index is 0.106. The van der Waals surface area contributed by atoms with Crippen LogP contribution in [0.5, 0.6) is 0 Å². The van der Waals surface area contributed by atoms with Crippen molar-refractivity contribution in [1.29, 1.82) is 0 Å². The highest BCUT2D eigenvalue weighted by Gasteiger charge is 2.26. The van der Waals surface area contributed by atoms with E-state index in [0.29, 0.717) is 17.0 Å². The molecule has 0 aliphatic heterocycles. The zero-order chi connectivity index (χ0) is 23.4. The Morgan fingerprint density at radius 2 is 1.42 bits per heavy atom. The summed E-state index contributed by atoms with van der Waals surface area (Å²) in [4.78, 5) is 0. The fourth-order valence-electron chi connectivity index (χ4n) is 6.02. The van der Waals surface area contributed by atoms with Crippen LogP contribution in [-0.4, -0.2) is 0 Å². The first-order chi connectivity index (χ1) is 16.0. The van der Waals surface area contributed by atoms with Gasteiger partial charge < -0.3 is 0 Å². The van der Waals surface area contributed by atoms with E-state index in [1.54, 1.807) is 24.3 Å². The molecular formula is C30H37F3. The van der Waals surface area contributed by atoms with E-state index in [-0.39, 0.29) is 17.7 Å². The van der Waals surface area contributed by atoms with Crippen molar-refractivity contribution in [1.82, 2.24) is 0 Å². The number of halogens is 3. The maximum Gasteiger partial charge on any atom is 0.166 e. The molecule has 0 radical (unpaired) electrons. The van der Waals surface area contributed by atoms with Crippen molar-refractivity contribution >= 4 is 6.08 Å². The Bertz CT molecular complexity index is 961. The zero-order valence-corrected chi connectivity index (χ0v) is 20.1. The second-order valence-electron chi connectivity index (χ2n) is 10.4. The van der Waals surface area contributed by atoms with Gasteiger partial charge in [-0.3, -0.25) is 0 Å². The number of benzene rings is 2. The van der Waals surface area contributed by atoms with Crippen LogP contribution in [0.15, 0.2) is 36.4 Å². The van der Waals surface area contributed by atoms with Crippen LogP contribution >= 0.6 is 0 Å². The number of hydrogen-bond donors (Lipinski definition) is 0. The fraction of sp³-hybridized carbons (Fsp3) is 0.533. The third kappa shape index (κ3) is 5.73. The summed E-state index contributed by atoms with van der Waals surface area (Å²) in [5.74, 6) is -0.0149. The van der Waals surface area contributed by atoms with Gasteiger partial charge in [0.05, 0.1) is 0 Å². The van der Waals surface area contributed by atoms with Gasteiger partial charge >= 0.3 is 0 Å². The van der Waals surface area contributed by atoms with Crippen LogP contribution in [0.4, 0.5) is 13.2 Å².